The summed E-state index contributed by atoms with van der Waals surface area (Å²) in [5.74, 6) is -0.875. The van der Waals surface area contributed by atoms with Gasteiger partial charge in [-0.1, -0.05) is 41.6 Å². The lowest BCUT2D eigenvalue weighted by molar-refractivity contribution is 0.0479. The molecule has 124 valence electrons. The number of rotatable bonds is 4. The van der Waals surface area contributed by atoms with E-state index in [1.165, 1.54) is 17.0 Å². The highest BCUT2D eigenvalue weighted by Gasteiger charge is 2.26. The van der Waals surface area contributed by atoms with Crippen LogP contribution in [0.1, 0.15) is 27.9 Å². The van der Waals surface area contributed by atoms with E-state index in [0.29, 0.717) is 13.0 Å². The Labute approximate surface area is 140 Å². The molecule has 24 heavy (non-hydrogen) atoms. The van der Waals surface area contributed by atoms with E-state index in [0.717, 1.165) is 16.8 Å². The second-order valence-electron chi connectivity index (χ2n) is 5.95. The monoisotopic (exact) mass is 326 g/mol. The third-order valence-corrected chi connectivity index (χ3v) is 4.12. The number of carbonyl (C=O) groups is 1. The van der Waals surface area contributed by atoms with Gasteiger partial charge < -0.3 is 9.74 Å². The molecule has 1 atom stereocenters. The Kier molecular flexibility index (Phi) is 4.60. The summed E-state index contributed by atoms with van der Waals surface area (Å²) in [7, 11) is 1.64. The molecule has 5 heteroatoms. The van der Waals surface area contributed by atoms with Crippen molar-refractivity contribution in [1.82, 2.24) is 4.90 Å². The fraction of sp³-hybridized carbons (Fsp3) is 0.263. The van der Waals surface area contributed by atoms with Crippen molar-refractivity contribution in [2.75, 3.05) is 13.6 Å². The molecule has 0 bridgehead atoms. The van der Waals surface area contributed by atoms with Crippen molar-refractivity contribution in [3.63, 3.8) is 0 Å². The Bertz CT molecular complexity index is 788. The second-order valence-corrected chi connectivity index (χ2v) is 5.95. The first-order valence-electron chi connectivity index (χ1n) is 7.85. The average Bonchev–Trinajstić information content (AvgIpc) is 3.03. The Hall–Kier alpha value is -2.69. The molecule has 4 nitrogen and oxygen atoms in total. The van der Waals surface area contributed by atoms with Gasteiger partial charge >= 0.3 is 0 Å². The van der Waals surface area contributed by atoms with Gasteiger partial charge in [-0.05, 0) is 24.6 Å². The predicted molar refractivity (Wildman–Crippen MR) is 90.6 cm³/mol. The number of hydrogen-bond acceptors (Lipinski definition) is 3. The van der Waals surface area contributed by atoms with Gasteiger partial charge in [0.05, 0.1) is 17.8 Å². The topological polar surface area (TPSA) is 41.9 Å². The molecular weight excluding hydrogens is 307 g/mol. The highest BCUT2D eigenvalue weighted by molar-refractivity contribution is 6.02. The van der Waals surface area contributed by atoms with Crippen LogP contribution in [0.2, 0.25) is 0 Å². The van der Waals surface area contributed by atoms with Crippen LogP contribution in [0.3, 0.4) is 0 Å². The first-order chi connectivity index (χ1) is 11.6. The van der Waals surface area contributed by atoms with Crippen molar-refractivity contribution in [2.45, 2.75) is 19.4 Å². The molecule has 0 N–H and O–H groups in total. The normalized spacial score (nSPS) is 16.5. The third-order valence-electron chi connectivity index (χ3n) is 4.12. The number of hydrogen-bond donors (Lipinski definition) is 0. The number of amides is 1. The summed E-state index contributed by atoms with van der Waals surface area (Å²) < 4.78 is 13.7. The summed E-state index contributed by atoms with van der Waals surface area (Å²) in [5, 5.41) is 4.16. The molecule has 0 spiro atoms. The largest absolute Gasteiger partial charge is 0.390 e. The van der Waals surface area contributed by atoms with Crippen LogP contribution in [0.4, 0.5) is 4.39 Å². The standard InChI is InChI=1S/C19H19FN2O2/c1-13-7-3-4-8-15(13)18-11-14(24-21-18)12-22(2)19(23)16-9-5-6-10-17(16)20/h3-10,14H,11-12H2,1-2H3. The highest BCUT2D eigenvalue weighted by Crippen LogP contribution is 2.20. The van der Waals surface area contributed by atoms with Crippen molar-refractivity contribution in [3.05, 3.63) is 71.0 Å². The molecule has 1 unspecified atom stereocenters. The zero-order valence-electron chi connectivity index (χ0n) is 13.7. The number of halogens is 1. The maximum Gasteiger partial charge on any atom is 0.256 e. The molecule has 2 aromatic rings. The molecule has 1 aliphatic rings. The minimum absolute atomic E-state index is 0.0676. The number of oxime groups is 1. The van der Waals surface area contributed by atoms with Gasteiger partial charge in [-0.25, -0.2) is 4.39 Å². The fourth-order valence-electron chi connectivity index (χ4n) is 2.81. The minimum Gasteiger partial charge on any atom is -0.390 e. The summed E-state index contributed by atoms with van der Waals surface area (Å²) in [4.78, 5) is 19.3. The molecule has 1 heterocycles. The predicted octanol–water partition coefficient (Wildman–Crippen LogP) is 3.40. The summed E-state index contributed by atoms with van der Waals surface area (Å²) in [6.45, 7) is 2.38. The van der Waals surface area contributed by atoms with Crippen LogP contribution in [0.5, 0.6) is 0 Å². The number of nitrogens with zero attached hydrogens (tertiary/aromatic N) is 2. The molecule has 3 rings (SSSR count). The van der Waals surface area contributed by atoms with Gasteiger partial charge in [0.2, 0.25) is 0 Å². The first-order valence-corrected chi connectivity index (χ1v) is 7.85. The summed E-state index contributed by atoms with van der Waals surface area (Å²) in [6.07, 6.45) is 0.403. The Morgan fingerprint density at radius 3 is 2.71 bits per heavy atom. The van der Waals surface area contributed by atoms with Crippen LogP contribution < -0.4 is 0 Å². The smallest absolute Gasteiger partial charge is 0.256 e. The average molecular weight is 326 g/mol. The van der Waals surface area contributed by atoms with Crippen molar-refractivity contribution in [2.24, 2.45) is 5.16 Å². The van der Waals surface area contributed by atoms with Crippen molar-refractivity contribution in [1.29, 1.82) is 0 Å². The molecule has 0 saturated carbocycles. The zero-order chi connectivity index (χ0) is 17.1. The number of aryl methyl sites for hydroxylation is 1. The lowest BCUT2D eigenvalue weighted by atomic mass is 10.0. The summed E-state index contributed by atoms with van der Waals surface area (Å²) >= 11 is 0. The summed E-state index contributed by atoms with van der Waals surface area (Å²) in [6, 6.07) is 14.0. The Morgan fingerprint density at radius 2 is 1.96 bits per heavy atom. The Balaban J connectivity index is 1.63. The van der Waals surface area contributed by atoms with Gasteiger partial charge in [0.1, 0.15) is 5.82 Å². The molecule has 0 fully saturated rings. The van der Waals surface area contributed by atoms with Crippen LogP contribution in [0.25, 0.3) is 0 Å². The maximum atomic E-state index is 13.7. The molecule has 1 amide bonds. The first kappa shape index (κ1) is 16.2. The molecular formula is C19H19FN2O2. The molecule has 0 aliphatic carbocycles. The van der Waals surface area contributed by atoms with Gasteiger partial charge in [0.25, 0.3) is 5.91 Å². The zero-order valence-corrected chi connectivity index (χ0v) is 13.7. The van der Waals surface area contributed by atoms with E-state index in [9.17, 15) is 9.18 Å². The molecule has 0 aromatic heterocycles. The minimum atomic E-state index is -0.515. The van der Waals surface area contributed by atoms with E-state index in [1.54, 1.807) is 19.2 Å². The number of benzene rings is 2. The van der Waals surface area contributed by atoms with Crippen molar-refractivity contribution >= 4 is 11.6 Å². The van der Waals surface area contributed by atoms with E-state index in [-0.39, 0.29) is 17.6 Å². The van der Waals surface area contributed by atoms with Gasteiger partial charge in [-0.3, -0.25) is 4.79 Å². The highest BCUT2D eigenvalue weighted by atomic mass is 19.1. The van der Waals surface area contributed by atoms with Gasteiger partial charge in [-0.2, -0.15) is 0 Å². The number of likely N-dealkylation sites (N-methyl/N-ethyl adjacent to an activating group) is 1. The number of carbonyl (C=O) groups excluding carboxylic acids is 1. The lowest BCUT2D eigenvalue weighted by Gasteiger charge is -2.20. The molecule has 0 radical (unpaired) electrons. The molecule has 0 saturated heterocycles. The van der Waals surface area contributed by atoms with Gasteiger partial charge in [0.15, 0.2) is 6.10 Å². The van der Waals surface area contributed by atoms with Crippen LogP contribution in [-0.2, 0) is 4.84 Å². The van der Waals surface area contributed by atoms with E-state index in [2.05, 4.69) is 5.16 Å². The second kappa shape index (κ2) is 6.83. The Morgan fingerprint density at radius 1 is 1.25 bits per heavy atom. The van der Waals surface area contributed by atoms with E-state index < -0.39 is 5.82 Å². The van der Waals surface area contributed by atoms with Gasteiger partial charge in [-0.15, -0.1) is 0 Å². The summed E-state index contributed by atoms with van der Waals surface area (Å²) in [5.41, 5.74) is 3.14. The van der Waals surface area contributed by atoms with E-state index in [4.69, 9.17) is 4.84 Å². The SMILES string of the molecule is Cc1ccccc1C1=NOC(CN(C)C(=O)c2ccccc2F)C1. The van der Waals surface area contributed by atoms with Crippen LogP contribution in [0.15, 0.2) is 53.7 Å². The van der Waals surface area contributed by atoms with Crippen molar-refractivity contribution in [3.8, 4) is 0 Å². The van der Waals surface area contributed by atoms with Gasteiger partial charge in [0, 0.05) is 19.0 Å². The maximum absolute atomic E-state index is 13.7. The van der Waals surface area contributed by atoms with Crippen LogP contribution in [-0.4, -0.2) is 36.2 Å². The molecule has 2 aromatic carbocycles. The van der Waals surface area contributed by atoms with Crippen molar-refractivity contribution < 1.29 is 14.0 Å². The van der Waals surface area contributed by atoms with Crippen LogP contribution in [0, 0.1) is 12.7 Å². The van der Waals surface area contributed by atoms with E-state index in [1.807, 2.05) is 31.2 Å². The lowest BCUT2D eigenvalue weighted by Crippen LogP contribution is -2.35. The van der Waals surface area contributed by atoms with E-state index >= 15 is 0 Å². The fourth-order valence-corrected chi connectivity index (χ4v) is 2.81. The van der Waals surface area contributed by atoms with Crippen LogP contribution >= 0.6 is 0 Å². The quantitative estimate of drug-likeness (QED) is 0.864. The molecule has 1 aliphatic heterocycles. The third kappa shape index (κ3) is 3.30.